The normalized spacial score (nSPS) is 21.0. The first-order valence-electron chi connectivity index (χ1n) is 8.19. The minimum Gasteiger partial charge on any atom is -0.472 e. The van der Waals surface area contributed by atoms with Crippen molar-refractivity contribution < 1.29 is 13.9 Å². The molecule has 6 nitrogen and oxygen atoms in total. The lowest BCUT2D eigenvalue weighted by atomic mass is 10.1. The molecule has 0 N–H and O–H groups in total. The number of aromatic nitrogens is 2. The van der Waals surface area contributed by atoms with Crippen molar-refractivity contribution in [3.8, 4) is 0 Å². The van der Waals surface area contributed by atoms with Gasteiger partial charge in [0.1, 0.15) is 6.26 Å². The number of furan rings is 1. The highest BCUT2D eigenvalue weighted by Crippen LogP contribution is 2.29. The average molecular weight is 315 g/mol. The molecule has 0 spiro atoms. The number of amides is 1. The van der Waals surface area contributed by atoms with Crippen molar-refractivity contribution in [1.82, 2.24) is 14.7 Å². The minimum atomic E-state index is 0.000549. The van der Waals surface area contributed by atoms with Gasteiger partial charge in [0.25, 0.3) is 5.91 Å². The zero-order valence-corrected chi connectivity index (χ0v) is 13.1. The zero-order chi connectivity index (χ0) is 15.6. The summed E-state index contributed by atoms with van der Waals surface area (Å²) < 4.78 is 12.9. The highest BCUT2D eigenvalue weighted by atomic mass is 16.5. The summed E-state index contributed by atoms with van der Waals surface area (Å²) in [5, 5.41) is 4.38. The first-order chi connectivity index (χ1) is 11.3. The van der Waals surface area contributed by atoms with E-state index in [0.717, 1.165) is 24.8 Å². The highest BCUT2D eigenvalue weighted by molar-refractivity contribution is 5.93. The molecular weight excluding hydrogens is 294 g/mol. The molecule has 6 heteroatoms. The van der Waals surface area contributed by atoms with Gasteiger partial charge in [0, 0.05) is 31.8 Å². The molecule has 1 saturated carbocycles. The quantitative estimate of drug-likeness (QED) is 0.848. The van der Waals surface area contributed by atoms with Crippen LogP contribution in [-0.2, 0) is 17.8 Å². The SMILES string of the molecule is O=C(c1ccoc1)N1Cc2ccnn2C[C@H](COCC2CC2)C1. The summed E-state index contributed by atoms with van der Waals surface area (Å²) in [6.07, 6.45) is 7.41. The van der Waals surface area contributed by atoms with E-state index in [4.69, 9.17) is 9.15 Å². The average Bonchev–Trinajstić information content (AvgIpc) is 3.07. The standard InChI is InChI=1S/C17H21N3O3/c21-17(15-4-6-22-12-15)19-7-14(11-23-10-13-1-2-13)8-20-16(9-19)3-5-18-20/h3-6,12-14H,1-2,7-11H2/t14-/m1/s1. The van der Waals surface area contributed by atoms with Crippen molar-refractivity contribution in [2.75, 3.05) is 19.8 Å². The van der Waals surface area contributed by atoms with Gasteiger partial charge in [-0.3, -0.25) is 9.48 Å². The number of fused-ring (bicyclic) bond motifs is 1. The van der Waals surface area contributed by atoms with Crippen LogP contribution in [0.25, 0.3) is 0 Å². The van der Waals surface area contributed by atoms with Crippen LogP contribution in [0.3, 0.4) is 0 Å². The molecule has 4 rings (SSSR count). The van der Waals surface area contributed by atoms with Crippen LogP contribution in [0, 0.1) is 11.8 Å². The molecule has 1 fully saturated rings. The van der Waals surface area contributed by atoms with E-state index in [1.54, 1.807) is 12.3 Å². The fourth-order valence-electron chi connectivity index (χ4n) is 3.05. The van der Waals surface area contributed by atoms with Gasteiger partial charge in [0.2, 0.25) is 0 Å². The van der Waals surface area contributed by atoms with E-state index < -0.39 is 0 Å². The molecule has 2 aromatic rings. The molecule has 0 bridgehead atoms. The molecular formula is C17H21N3O3. The highest BCUT2D eigenvalue weighted by Gasteiger charge is 2.28. The lowest BCUT2D eigenvalue weighted by molar-refractivity contribution is 0.0568. The number of rotatable bonds is 5. The number of carbonyl (C=O) groups is 1. The third-order valence-corrected chi connectivity index (χ3v) is 4.53. The van der Waals surface area contributed by atoms with Gasteiger partial charge < -0.3 is 14.1 Å². The zero-order valence-electron chi connectivity index (χ0n) is 13.1. The largest absolute Gasteiger partial charge is 0.472 e. The Morgan fingerprint density at radius 3 is 2.91 bits per heavy atom. The molecule has 2 aromatic heterocycles. The molecule has 0 unspecified atom stereocenters. The van der Waals surface area contributed by atoms with E-state index in [9.17, 15) is 4.79 Å². The van der Waals surface area contributed by atoms with Gasteiger partial charge in [0.15, 0.2) is 0 Å². The van der Waals surface area contributed by atoms with Crippen molar-refractivity contribution in [2.24, 2.45) is 11.8 Å². The maximum Gasteiger partial charge on any atom is 0.257 e. The molecule has 0 saturated heterocycles. The van der Waals surface area contributed by atoms with Crippen molar-refractivity contribution in [1.29, 1.82) is 0 Å². The molecule has 122 valence electrons. The Kier molecular flexibility index (Phi) is 3.91. The number of ether oxygens (including phenoxy) is 1. The Hall–Kier alpha value is -2.08. The second-order valence-electron chi connectivity index (χ2n) is 6.55. The Balaban J connectivity index is 1.48. The molecule has 0 radical (unpaired) electrons. The lowest BCUT2D eigenvalue weighted by Gasteiger charge is -2.23. The fraction of sp³-hybridized carbons (Fsp3) is 0.529. The third kappa shape index (κ3) is 3.32. The number of nitrogens with zero attached hydrogens (tertiary/aromatic N) is 3. The van der Waals surface area contributed by atoms with Crippen LogP contribution in [0.15, 0.2) is 35.3 Å². The first kappa shape index (κ1) is 14.5. The van der Waals surface area contributed by atoms with Gasteiger partial charge in [-0.2, -0.15) is 5.10 Å². The molecule has 1 aliphatic carbocycles. The summed E-state index contributed by atoms with van der Waals surface area (Å²) in [4.78, 5) is 14.5. The van der Waals surface area contributed by atoms with Gasteiger partial charge >= 0.3 is 0 Å². The molecule has 1 atom stereocenters. The lowest BCUT2D eigenvalue weighted by Crippen LogP contribution is -2.35. The van der Waals surface area contributed by atoms with E-state index in [2.05, 4.69) is 5.10 Å². The summed E-state index contributed by atoms with van der Waals surface area (Å²) in [6.45, 7) is 3.56. The monoisotopic (exact) mass is 315 g/mol. The third-order valence-electron chi connectivity index (χ3n) is 4.53. The first-order valence-corrected chi connectivity index (χ1v) is 8.19. The molecule has 23 heavy (non-hydrogen) atoms. The smallest absolute Gasteiger partial charge is 0.257 e. The van der Waals surface area contributed by atoms with Crippen LogP contribution in [-0.4, -0.2) is 40.3 Å². The second kappa shape index (κ2) is 6.20. The number of hydrogen-bond donors (Lipinski definition) is 0. The summed E-state index contributed by atoms with van der Waals surface area (Å²) in [6, 6.07) is 3.69. The van der Waals surface area contributed by atoms with E-state index in [1.807, 2.05) is 15.6 Å². The van der Waals surface area contributed by atoms with Gasteiger partial charge in [-0.15, -0.1) is 0 Å². The van der Waals surface area contributed by atoms with Crippen LogP contribution in [0.1, 0.15) is 28.9 Å². The van der Waals surface area contributed by atoms with Crippen molar-refractivity contribution in [2.45, 2.75) is 25.9 Å². The fourth-order valence-corrected chi connectivity index (χ4v) is 3.05. The van der Waals surface area contributed by atoms with E-state index in [0.29, 0.717) is 25.3 Å². The van der Waals surface area contributed by atoms with E-state index >= 15 is 0 Å². The van der Waals surface area contributed by atoms with Gasteiger partial charge in [-0.25, -0.2) is 0 Å². The Bertz CT molecular complexity index is 660. The summed E-state index contributed by atoms with van der Waals surface area (Å²) in [5.41, 5.74) is 1.65. The van der Waals surface area contributed by atoms with Gasteiger partial charge in [0.05, 0.1) is 30.7 Å². The van der Waals surface area contributed by atoms with Gasteiger partial charge in [-0.05, 0) is 30.9 Å². The predicted molar refractivity (Wildman–Crippen MR) is 82.7 cm³/mol. The van der Waals surface area contributed by atoms with Gasteiger partial charge in [-0.1, -0.05) is 0 Å². The topological polar surface area (TPSA) is 60.5 Å². The van der Waals surface area contributed by atoms with E-state index in [1.165, 1.54) is 25.4 Å². The molecule has 2 aliphatic rings. The number of carbonyl (C=O) groups excluding carboxylic acids is 1. The molecule has 3 heterocycles. The molecule has 1 amide bonds. The van der Waals surface area contributed by atoms with Crippen molar-refractivity contribution in [3.05, 3.63) is 42.1 Å². The maximum atomic E-state index is 12.7. The summed E-state index contributed by atoms with van der Waals surface area (Å²) >= 11 is 0. The minimum absolute atomic E-state index is 0.000549. The molecule has 0 aromatic carbocycles. The van der Waals surface area contributed by atoms with Crippen molar-refractivity contribution in [3.63, 3.8) is 0 Å². The predicted octanol–water partition coefficient (Wildman–Crippen LogP) is 2.17. The van der Waals surface area contributed by atoms with Crippen molar-refractivity contribution >= 4 is 5.91 Å². The second-order valence-corrected chi connectivity index (χ2v) is 6.55. The van der Waals surface area contributed by atoms with Crippen LogP contribution in [0.2, 0.25) is 0 Å². The van der Waals surface area contributed by atoms with Crippen LogP contribution < -0.4 is 0 Å². The molecule has 1 aliphatic heterocycles. The van der Waals surface area contributed by atoms with E-state index in [-0.39, 0.29) is 11.8 Å². The maximum absolute atomic E-state index is 12.7. The van der Waals surface area contributed by atoms with Crippen LogP contribution in [0.5, 0.6) is 0 Å². The Labute approximate surface area is 135 Å². The Morgan fingerprint density at radius 2 is 2.13 bits per heavy atom. The van der Waals surface area contributed by atoms with Crippen LogP contribution in [0.4, 0.5) is 0 Å². The number of hydrogen-bond acceptors (Lipinski definition) is 4. The summed E-state index contributed by atoms with van der Waals surface area (Å²) in [5.74, 6) is 1.01. The summed E-state index contributed by atoms with van der Waals surface area (Å²) in [7, 11) is 0. The van der Waals surface area contributed by atoms with Crippen LogP contribution >= 0.6 is 0 Å². The Morgan fingerprint density at radius 1 is 1.26 bits per heavy atom.